The van der Waals surface area contributed by atoms with E-state index in [1.54, 1.807) is 6.92 Å². The Morgan fingerprint density at radius 1 is 1.00 bits per heavy atom. The number of hydrogen-bond acceptors (Lipinski definition) is 5. The summed E-state index contributed by atoms with van der Waals surface area (Å²) in [5.41, 5.74) is 3.70. The Labute approximate surface area is 179 Å². The van der Waals surface area contributed by atoms with Gasteiger partial charge in [-0.1, -0.05) is 42.5 Å². The largest absolute Gasteiger partial charge is 0.481 e. The standard InChI is InChI=1S/C24H23NO4S/c1-15(29-18-13-11-17(12-14-18)16-7-4-3-5-8-16)22(26)25-23-21(24(27)28-2)19-9-6-10-20(19)30-23/h3-5,7-8,11-15H,6,9-10H2,1-2H3,(H,25,26)/t15-/m0/s1. The second-order valence-electron chi connectivity index (χ2n) is 7.19. The van der Waals surface area contributed by atoms with Crippen molar-refractivity contribution >= 4 is 28.2 Å². The Hall–Kier alpha value is -3.12. The Morgan fingerprint density at radius 2 is 1.70 bits per heavy atom. The number of carbonyl (C=O) groups is 2. The number of amides is 1. The fourth-order valence-corrected chi connectivity index (χ4v) is 4.92. The minimum atomic E-state index is -0.713. The third-order valence-corrected chi connectivity index (χ3v) is 6.40. The summed E-state index contributed by atoms with van der Waals surface area (Å²) in [7, 11) is 1.36. The number of thiophene rings is 1. The first-order valence-electron chi connectivity index (χ1n) is 9.92. The molecular weight excluding hydrogens is 398 g/mol. The molecule has 0 saturated heterocycles. The molecule has 6 heteroatoms. The van der Waals surface area contributed by atoms with E-state index in [0.29, 0.717) is 16.3 Å². The Kier molecular flexibility index (Phi) is 5.86. The molecule has 1 heterocycles. The molecule has 0 radical (unpaired) electrons. The zero-order valence-electron chi connectivity index (χ0n) is 16.9. The molecule has 5 nitrogen and oxygen atoms in total. The SMILES string of the molecule is COC(=O)c1c(NC(=O)[C@H](C)Oc2ccc(-c3ccccc3)cc2)sc2c1CCC2. The lowest BCUT2D eigenvalue weighted by molar-refractivity contribution is -0.122. The van der Waals surface area contributed by atoms with Gasteiger partial charge in [-0.3, -0.25) is 4.79 Å². The van der Waals surface area contributed by atoms with Gasteiger partial charge in [0.1, 0.15) is 10.8 Å². The number of ether oxygens (including phenoxy) is 2. The highest BCUT2D eigenvalue weighted by Crippen LogP contribution is 2.39. The van der Waals surface area contributed by atoms with Crippen LogP contribution < -0.4 is 10.1 Å². The van der Waals surface area contributed by atoms with E-state index in [9.17, 15) is 9.59 Å². The van der Waals surface area contributed by atoms with Gasteiger partial charge in [-0.05, 0) is 55.0 Å². The number of aryl methyl sites for hydroxylation is 1. The van der Waals surface area contributed by atoms with E-state index >= 15 is 0 Å². The highest BCUT2D eigenvalue weighted by Gasteiger charge is 2.29. The topological polar surface area (TPSA) is 64.6 Å². The van der Waals surface area contributed by atoms with Crippen LogP contribution >= 0.6 is 11.3 Å². The Bertz CT molecular complexity index is 1060. The van der Waals surface area contributed by atoms with E-state index < -0.39 is 12.1 Å². The molecule has 1 aromatic heterocycles. The van der Waals surface area contributed by atoms with Crippen LogP contribution in [0.4, 0.5) is 5.00 Å². The van der Waals surface area contributed by atoms with Gasteiger partial charge >= 0.3 is 5.97 Å². The molecule has 0 aliphatic heterocycles. The predicted octanol–water partition coefficient (Wildman–Crippen LogP) is 5.10. The van der Waals surface area contributed by atoms with Crippen molar-refractivity contribution < 1.29 is 19.1 Å². The Balaban J connectivity index is 1.44. The third-order valence-electron chi connectivity index (χ3n) is 5.19. The third kappa shape index (κ3) is 4.09. The molecule has 0 fully saturated rings. The average molecular weight is 422 g/mol. The van der Waals surface area contributed by atoms with Gasteiger partial charge in [0.25, 0.3) is 5.91 Å². The smallest absolute Gasteiger partial charge is 0.341 e. The summed E-state index contributed by atoms with van der Waals surface area (Å²) in [5, 5.41) is 3.41. The number of carbonyl (C=O) groups excluding carboxylic acids is 2. The molecule has 30 heavy (non-hydrogen) atoms. The van der Waals surface area contributed by atoms with Gasteiger partial charge in [0, 0.05) is 4.88 Å². The number of methoxy groups -OCH3 is 1. The van der Waals surface area contributed by atoms with Gasteiger partial charge in [0.15, 0.2) is 6.10 Å². The van der Waals surface area contributed by atoms with Gasteiger partial charge in [0.05, 0.1) is 12.7 Å². The normalized spacial score (nSPS) is 13.4. The fourth-order valence-electron chi connectivity index (χ4n) is 3.64. The summed E-state index contributed by atoms with van der Waals surface area (Å²) < 4.78 is 10.8. The number of anilines is 1. The van der Waals surface area contributed by atoms with Crippen LogP contribution in [0.5, 0.6) is 5.75 Å². The summed E-state index contributed by atoms with van der Waals surface area (Å²) in [6, 6.07) is 17.7. The first-order chi connectivity index (χ1) is 14.6. The first-order valence-corrected chi connectivity index (χ1v) is 10.7. The summed E-state index contributed by atoms with van der Waals surface area (Å²) in [6.45, 7) is 1.69. The second-order valence-corrected chi connectivity index (χ2v) is 8.30. The van der Waals surface area contributed by atoms with Gasteiger partial charge in [-0.15, -0.1) is 11.3 Å². The maximum atomic E-state index is 12.7. The zero-order valence-corrected chi connectivity index (χ0v) is 17.8. The number of benzene rings is 2. The molecule has 0 saturated carbocycles. The quantitative estimate of drug-likeness (QED) is 0.563. The molecule has 0 spiro atoms. The molecule has 1 N–H and O–H groups in total. The van der Waals surface area contributed by atoms with Crippen LogP contribution in [0, 0.1) is 0 Å². The van der Waals surface area contributed by atoms with E-state index in [2.05, 4.69) is 5.32 Å². The van der Waals surface area contributed by atoms with Gasteiger partial charge in [-0.2, -0.15) is 0 Å². The molecular formula is C24H23NO4S. The highest BCUT2D eigenvalue weighted by molar-refractivity contribution is 7.17. The molecule has 1 aliphatic rings. The number of rotatable bonds is 6. The van der Waals surface area contributed by atoms with Crippen LogP contribution in [0.15, 0.2) is 54.6 Å². The zero-order chi connectivity index (χ0) is 21.1. The van der Waals surface area contributed by atoms with Crippen molar-refractivity contribution in [2.45, 2.75) is 32.3 Å². The maximum absolute atomic E-state index is 12.7. The molecule has 0 bridgehead atoms. The van der Waals surface area contributed by atoms with Crippen molar-refractivity contribution in [3.05, 3.63) is 70.6 Å². The van der Waals surface area contributed by atoms with E-state index in [1.165, 1.54) is 18.4 Å². The highest BCUT2D eigenvalue weighted by atomic mass is 32.1. The predicted molar refractivity (Wildman–Crippen MR) is 118 cm³/mol. The van der Waals surface area contributed by atoms with Gasteiger partial charge < -0.3 is 14.8 Å². The lowest BCUT2D eigenvalue weighted by Crippen LogP contribution is -2.30. The van der Waals surface area contributed by atoms with Crippen LogP contribution in [0.2, 0.25) is 0 Å². The monoisotopic (exact) mass is 421 g/mol. The van der Waals surface area contributed by atoms with Crippen molar-refractivity contribution in [2.75, 3.05) is 12.4 Å². The minimum absolute atomic E-state index is 0.299. The van der Waals surface area contributed by atoms with E-state index in [1.807, 2.05) is 54.6 Å². The van der Waals surface area contributed by atoms with E-state index in [0.717, 1.165) is 40.8 Å². The number of fused-ring (bicyclic) bond motifs is 1. The number of esters is 1. The number of nitrogens with one attached hydrogen (secondary N) is 1. The van der Waals surface area contributed by atoms with Crippen LogP contribution in [0.25, 0.3) is 11.1 Å². The van der Waals surface area contributed by atoms with Gasteiger partial charge in [-0.25, -0.2) is 4.79 Å². The van der Waals surface area contributed by atoms with Crippen molar-refractivity contribution in [1.29, 1.82) is 0 Å². The first kappa shape index (κ1) is 20.2. The summed E-state index contributed by atoms with van der Waals surface area (Å²) in [5.74, 6) is -0.0961. The summed E-state index contributed by atoms with van der Waals surface area (Å²) in [6.07, 6.45) is 2.08. The second kappa shape index (κ2) is 8.71. The average Bonchev–Trinajstić information content (AvgIpc) is 3.35. The van der Waals surface area contributed by atoms with E-state index in [4.69, 9.17) is 9.47 Å². The maximum Gasteiger partial charge on any atom is 0.341 e. The molecule has 1 aliphatic carbocycles. The van der Waals surface area contributed by atoms with Crippen LogP contribution in [-0.2, 0) is 22.4 Å². The Morgan fingerprint density at radius 3 is 2.40 bits per heavy atom. The minimum Gasteiger partial charge on any atom is -0.481 e. The summed E-state index contributed by atoms with van der Waals surface area (Å²) >= 11 is 1.46. The fraction of sp³-hybridized carbons (Fsp3) is 0.250. The molecule has 0 unspecified atom stereocenters. The van der Waals surface area contributed by atoms with Crippen molar-refractivity contribution in [3.8, 4) is 16.9 Å². The molecule has 3 aromatic rings. The lowest BCUT2D eigenvalue weighted by Gasteiger charge is -2.15. The van der Waals surface area contributed by atoms with Crippen molar-refractivity contribution in [2.24, 2.45) is 0 Å². The lowest BCUT2D eigenvalue weighted by atomic mass is 10.1. The van der Waals surface area contributed by atoms with Crippen LogP contribution in [0.3, 0.4) is 0 Å². The van der Waals surface area contributed by atoms with Crippen molar-refractivity contribution in [3.63, 3.8) is 0 Å². The van der Waals surface area contributed by atoms with E-state index in [-0.39, 0.29) is 5.91 Å². The molecule has 4 rings (SSSR count). The molecule has 154 valence electrons. The van der Waals surface area contributed by atoms with Crippen LogP contribution in [-0.4, -0.2) is 25.1 Å². The number of hydrogen-bond donors (Lipinski definition) is 1. The molecule has 2 aromatic carbocycles. The van der Waals surface area contributed by atoms with Crippen molar-refractivity contribution in [1.82, 2.24) is 0 Å². The van der Waals surface area contributed by atoms with Gasteiger partial charge in [0.2, 0.25) is 0 Å². The van der Waals surface area contributed by atoms with Crippen LogP contribution in [0.1, 0.15) is 34.1 Å². The molecule has 1 amide bonds. The molecule has 1 atom stereocenters. The summed E-state index contributed by atoms with van der Waals surface area (Å²) in [4.78, 5) is 26.1.